The lowest BCUT2D eigenvalue weighted by Crippen LogP contribution is -2.09. The van der Waals surface area contributed by atoms with Crippen LogP contribution in [0.25, 0.3) is 10.9 Å². The third-order valence-electron chi connectivity index (χ3n) is 3.76. The maximum Gasteiger partial charge on any atom is 0.179 e. The normalized spacial score (nSPS) is 11.7. The minimum atomic E-state index is -3.27. The Morgan fingerprint density at radius 2 is 2.00 bits per heavy atom. The number of pyridine rings is 1. The van der Waals surface area contributed by atoms with E-state index >= 15 is 0 Å². The standard InChI is InChI=1S/C17H19N3O2S/c1-23(21,22)16-9-5-11-19-17(16)18-10-4-6-13-12-20-15-8-3-2-7-14(13)15/h2-3,5,7-9,11-12,20H,4,6,10H2,1H3,(H,18,19). The fourth-order valence-electron chi connectivity index (χ4n) is 2.65. The molecule has 2 N–H and O–H groups in total. The number of hydrogen-bond donors (Lipinski definition) is 2. The van der Waals surface area contributed by atoms with Gasteiger partial charge in [0.1, 0.15) is 10.7 Å². The Labute approximate surface area is 135 Å². The Hall–Kier alpha value is -2.34. The van der Waals surface area contributed by atoms with Crippen molar-refractivity contribution in [3.05, 3.63) is 54.4 Å². The minimum Gasteiger partial charge on any atom is -0.369 e. The second kappa shape index (κ2) is 6.42. The van der Waals surface area contributed by atoms with E-state index in [2.05, 4.69) is 27.4 Å². The predicted molar refractivity (Wildman–Crippen MR) is 92.5 cm³/mol. The van der Waals surface area contributed by atoms with Crippen molar-refractivity contribution in [2.24, 2.45) is 0 Å². The number of sulfone groups is 1. The van der Waals surface area contributed by atoms with Crippen molar-refractivity contribution in [1.29, 1.82) is 0 Å². The van der Waals surface area contributed by atoms with Gasteiger partial charge < -0.3 is 10.3 Å². The SMILES string of the molecule is CS(=O)(=O)c1cccnc1NCCCc1c[nH]c2ccccc12. The highest BCUT2D eigenvalue weighted by Crippen LogP contribution is 2.20. The van der Waals surface area contributed by atoms with Gasteiger partial charge in [0.25, 0.3) is 0 Å². The van der Waals surface area contributed by atoms with Crippen LogP contribution in [0, 0.1) is 0 Å². The zero-order valence-electron chi connectivity index (χ0n) is 12.9. The number of nitrogens with one attached hydrogen (secondary N) is 2. The number of rotatable bonds is 6. The molecule has 2 heterocycles. The number of hydrogen-bond acceptors (Lipinski definition) is 4. The number of H-pyrrole nitrogens is 1. The third-order valence-corrected chi connectivity index (χ3v) is 4.89. The van der Waals surface area contributed by atoms with Gasteiger partial charge in [0.05, 0.1) is 0 Å². The lowest BCUT2D eigenvalue weighted by Gasteiger charge is -2.09. The van der Waals surface area contributed by atoms with Gasteiger partial charge in [0.2, 0.25) is 0 Å². The van der Waals surface area contributed by atoms with E-state index in [1.165, 1.54) is 17.2 Å². The molecule has 0 aliphatic rings. The molecule has 120 valence electrons. The van der Waals surface area contributed by atoms with Crippen LogP contribution in [-0.4, -0.2) is 31.2 Å². The van der Waals surface area contributed by atoms with Crippen LogP contribution in [-0.2, 0) is 16.3 Å². The number of aromatic nitrogens is 2. The summed E-state index contributed by atoms with van der Waals surface area (Å²) in [5.74, 6) is 0.425. The number of benzene rings is 1. The van der Waals surface area contributed by atoms with Crippen LogP contribution in [0.3, 0.4) is 0 Å². The van der Waals surface area contributed by atoms with Crippen molar-refractivity contribution in [2.45, 2.75) is 17.7 Å². The summed E-state index contributed by atoms with van der Waals surface area (Å²) in [5, 5.41) is 4.37. The van der Waals surface area contributed by atoms with E-state index in [0.717, 1.165) is 18.4 Å². The molecule has 0 aliphatic heterocycles. The Morgan fingerprint density at radius 1 is 1.17 bits per heavy atom. The Bertz CT molecular complexity index is 916. The topological polar surface area (TPSA) is 74.8 Å². The first kappa shape index (κ1) is 15.6. The van der Waals surface area contributed by atoms with E-state index in [0.29, 0.717) is 12.4 Å². The molecular formula is C17H19N3O2S. The third kappa shape index (κ3) is 3.53. The molecule has 0 saturated heterocycles. The molecule has 23 heavy (non-hydrogen) atoms. The lowest BCUT2D eigenvalue weighted by atomic mass is 10.1. The Kier molecular flexibility index (Phi) is 4.34. The first-order chi connectivity index (χ1) is 11.1. The molecule has 5 nitrogen and oxygen atoms in total. The minimum absolute atomic E-state index is 0.243. The molecule has 0 unspecified atom stereocenters. The maximum atomic E-state index is 11.7. The molecule has 0 spiro atoms. The van der Waals surface area contributed by atoms with E-state index in [4.69, 9.17) is 0 Å². The van der Waals surface area contributed by atoms with Crippen LogP contribution in [0.4, 0.5) is 5.82 Å². The van der Waals surface area contributed by atoms with Gasteiger partial charge in [-0.1, -0.05) is 18.2 Å². The van der Waals surface area contributed by atoms with Crippen LogP contribution in [0.15, 0.2) is 53.7 Å². The second-order valence-corrected chi connectivity index (χ2v) is 7.50. The van der Waals surface area contributed by atoms with E-state index < -0.39 is 9.84 Å². The van der Waals surface area contributed by atoms with Crippen molar-refractivity contribution < 1.29 is 8.42 Å². The van der Waals surface area contributed by atoms with Gasteiger partial charge in [-0.25, -0.2) is 13.4 Å². The van der Waals surface area contributed by atoms with Gasteiger partial charge in [-0.2, -0.15) is 0 Å². The maximum absolute atomic E-state index is 11.7. The van der Waals surface area contributed by atoms with Crippen LogP contribution in [0.2, 0.25) is 0 Å². The fraction of sp³-hybridized carbons (Fsp3) is 0.235. The molecule has 0 aliphatic carbocycles. The number of nitrogens with zero attached hydrogens (tertiary/aromatic N) is 1. The number of aryl methyl sites for hydroxylation is 1. The highest BCUT2D eigenvalue weighted by atomic mass is 32.2. The average Bonchev–Trinajstić information content (AvgIpc) is 2.94. The van der Waals surface area contributed by atoms with E-state index in [1.54, 1.807) is 18.3 Å². The molecule has 0 bridgehead atoms. The van der Waals surface area contributed by atoms with Crippen LogP contribution < -0.4 is 5.32 Å². The summed E-state index contributed by atoms with van der Waals surface area (Å²) < 4.78 is 23.5. The van der Waals surface area contributed by atoms with E-state index in [1.807, 2.05) is 18.3 Å². The molecule has 0 fully saturated rings. The first-order valence-corrected chi connectivity index (χ1v) is 9.39. The molecule has 0 amide bonds. The van der Waals surface area contributed by atoms with E-state index in [-0.39, 0.29) is 4.90 Å². The molecule has 3 aromatic rings. The average molecular weight is 329 g/mol. The summed E-state index contributed by atoms with van der Waals surface area (Å²) in [6.07, 6.45) is 6.63. The number of para-hydroxylation sites is 1. The summed E-state index contributed by atoms with van der Waals surface area (Å²) in [6.45, 7) is 0.666. The predicted octanol–water partition coefficient (Wildman–Crippen LogP) is 3.01. The van der Waals surface area contributed by atoms with Gasteiger partial charge in [0.15, 0.2) is 9.84 Å². The number of aromatic amines is 1. The van der Waals surface area contributed by atoms with Crippen molar-refractivity contribution in [3.63, 3.8) is 0 Å². The van der Waals surface area contributed by atoms with Gasteiger partial charge in [-0.15, -0.1) is 0 Å². The van der Waals surface area contributed by atoms with Crippen LogP contribution >= 0.6 is 0 Å². The largest absolute Gasteiger partial charge is 0.369 e. The summed E-state index contributed by atoms with van der Waals surface area (Å²) in [7, 11) is -3.27. The highest BCUT2D eigenvalue weighted by Gasteiger charge is 2.13. The highest BCUT2D eigenvalue weighted by molar-refractivity contribution is 7.90. The smallest absolute Gasteiger partial charge is 0.179 e. The summed E-state index contributed by atoms with van der Waals surface area (Å²) >= 11 is 0. The summed E-state index contributed by atoms with van der Waals surface area (Å²) in [5.41, 5.74) is 2.41. The van der Waals surface area contributed by atoms with Crippen LogP contribution in [0.1, 0.15) is 12.0 Å². The van der Waals surface area contributed by atoms with E-state index in [9.17, 15) is 8.42 Å². The van der Waals surface area contributed by atoms with Gasteiger partial charge in [-0.3, -0.25) is 0 Å². The monoisotopic (exact) mass is 329 g/mol. The molecule has 0 radical (unpaired) electrons. The van der Waals surface area contributed by atoms with Gasteiger partial charge in [0, 0.05) is 36.1 Å². The van der Waals surface area contributed by atoms with Gasteiger partial charge in [-0.05, 0) is 36.6 Å². The molecule has 6 heteroatoms. The van der Waals surface area contributed by atoms with Crippen molar-refractivity contribution >= 4 is 26.6 Å². The molecule has 3 rings (SSSR count). The summed E-state index contributed by atoms with van der Waals surface area (Å²) in [4.78, 5) is 7.64. The van der Waals surface area contributed by atoms with Gasteiger partial charge >= 0.3 is 0 Å². The molecule has 0 saturated carbocycles. The Balaban J connectivity index is 1.63. The molecule has 0 atom stereocenters. The molecule has 2 aromatic heterocycles. The fourth-order valence-corrected chi connectivity index (χ4v) is 3.45. The quantitative estimate of drug-likeness (QED) is 0.682. The zero-order valence-corrected chi connectivity index (χ0v) is 13.7. The Morgan fingerprint density at radius 3 is 2.83 bits per heavy atom. The summed E-state index contributed by atoms with van der Waals surface area (Å²) in [6, 6.07) is 11.4. The molecular weight excluding hydrogens is 310 g/mol. The first-order valence-electron chi connectivity index (χ1n) is 7.49. The zero-order chi connectivity index (χ0) is 16.3. The molecule has 1 aromatic carbocycles. The second-order valence-electron chi connectivity index (χ2n) is 5.51. The van der Waals surface area contributed by atoms with Crippen molar-refractivity contribution in [3.8, 4) is 0 Å². The van der Waals surface area contributed by atoms with Crippen LogP contribution in [0.5, 0.6) is 0 Å². The lowest BCUT2D eigenvalue weighted by molar-refractivity contribution is 0.601. The van der Waals surface area contributed by atoms with Crippen molar-refractivity contribution in [1.82, 2.24) is 9.97 Å². The number of anilines is 1. The number of fused-ring (bicyclic) bond motifs is 1. The van der Waals surface area contributed by atoms with Crippen molar-refractivity contribution in [2.75, 3.05) is 18.1 Å².